The predicted octanol–water partition coefficient (Wildman–Crippen LogP) is 1.68. The zero-order valence-corrected chi connectivity index (χ0v) is 9.94. The predicted molar refractivity (Wildman–Crippen MR) is 60.3 cm³/mol. The van der Waals surface area contributed by atoms with Crippen LogP contribution in [0.4, 0.5) is 0 Å². The number of carbonyl (C=O) groups is 1. The maximum atomic E-state index is 11.3. The van der Waals surface area contributed by atoms with Crippen molar-refractivity contribution in [3.05, 3.63) is 0 Å². The Morgan fingerprint density at radius 3 is 2.36 bits per heavy atom. The van der Waals surface area contributed by atoms with Crippen molar-refractivity contribution in [2.45, 2.75) is 52.5 Å². The van der Waals surface area contributed by atoms with Gasteiger partial charge in [-0.15, -0.1) is 0 Å². The Kier molecular flexibility index (Phi) is 6.54. The minimum atomic E-state index is -0.111. The second-order valence-corrected chi connectivity index (χ2v) is 4.65. The van der Waals surface area contributed by atoms with Gasteiger partial charge in [-0.2, -0.15) is 0 Å². The molecule has 0 spiro atoms. The highest BCUT2D eigenvalue weighted by atomic mass is 16.1. The lowest BCUT2D eigenvalue weighted by Gasteiger charge is -2.20. The van der Waals surface area contributed by atoms with Gasteiger partial charge in [-0.25, -0.2) is 0 Å². The average Bonchev–Trinajstić information content (AvgIpc) is 2.00. The largest absolute Gasteiger partial charge is 0.351 e. The van der Waals surface area contributed by atoms with Crippen LogP contribution in [0.25, 0.3) is 0 Å². The van der Waals surface area contributed by atoms with Crippen molar-refractivity contribution in [2.24, 2.45) is 0 Å². The van der Waals surface area contributed by atoms with E-state index in [2.05, 4.69) is 17.6 Å². The van der Waals surface area contributed by atoms with E-state index in [9.17, 15) is 4.79 Å². The molecule has 0 aliphatic carbocycles. The first kappa shape index (κ1) is 13.4. The van der Waals surface area contributed by atoms with Crippen LogP contribution in [0.2, 0.25) is 0 Å². The Bertz CT molecular complexity index is 161. The maximum Gasteiger partial charge on any atom is 0.221 e. The van der Waals surface area contributed by atoms with Gasteiger partial charge in [-0.1, -0.05) is 13.3 Å². The molecule has 0 rings (SSSR count). The van der Waals surface area contributed by atoms with E-state index >= 15 is 0 Å². The third-order valence-corrected chi connectivity index (χ3v) is 1.75. The third-order valence-electron chi connectivity index (χ3n) is 1.75. The van der Waals surface area contributed by atoms with E-state index in [4.69, 9.17) is 0 Å². The number of nitrogens with one attached hydrogen (secondary N) is 2. The fourth-order valence-electron chi connectivity index (χ4n) is 1.11. The van der Waals surface area contributed by atoms with Gasteiger partial charge in [0.2, 0.25) is 5.91 Å². The SMILES string of the molecule is CCCCNCCC(=O)NC(C)(C)C. The van der Waals surface area contributed by atoms with Crippen molar-refractivity contribution in [3.63, 3.8) is 0 Å². The number of hydrogen-bond donors (Lipinski definition) is 2. The van der Waals surface area contributed by atoms with Crippen molar-refractivity contribution >= 4 is 5.91 Å². The summed E-state index contributed by atoms with van der Waals surface area (Å²) in [5, 5.41) is 6.17. The Hall–Kier alpha value is -0.570. The van der Waals surface area contributed by atoms with Gasteiger partial charge in [0.1, 0.15) is 0 Å². The lowest BCUT2D eigenvalue weighted by molar-refractivity contribution is -0.122. The summed E-state index contributed by atoms with van der Waals surface area (Å²) in [5.74, 6) is 0.126. The van der Waals surface area contributed by atoms with Crippen molar-refractivity contribution in [1.29, 1.82) is 0 Å². The Labute approximate surface area is 87.6 Å². The van der Waals surface area contributed by atoms with Gasteiger partial charge in [0, 0.05) is 18.5 Å². The summed E-state index contributed by atoms with van der Waals surface area (Å²) in [6, 6.07) is 0. The first-order valence-corrected chi connectivity index (χ1v) is 5.47. The van der Waals surface area contributed by atoms with E-state index in [0.29, 0.717) is 6.42 Å². The zero-order chi connectivity index (χ0) is 11.0. The molecule has 0 bridgehead atoms. The van der Waals surface area contributed by atoms with Crippen LogP contribution < -0.4 is 10.6 Å². The molecule has 0 aliphatic heterocycles. The van der Waals surface area contributed by atoms with Crippen LogP contribution in [-0.2, 0) is 4.79 Å². The van der Waals surface area contributed by atoms with Crippen molar-refractivity contribution in [1.82, 2.24) is 10.6 Å². The Morgan fingerprint density at radius 2 is 1.86 bits per heavy atom. The second-order valence-electron chi connectivity index (χ2n) is 4.65. The van der Waals surface area contributed by atoms with Crippen LogP contribution in [0.15, 0.2) is 0 Å². The van der Waals surface area contributed by atoms with E-state index in [0.717, 1.165) is 13.1 Å². The monoisotopic (exact) mass is 200 g/mol. The first-order chi connectivity index (χ1) is 6.45. The van der Waals surface area contributed by atoms with Crippen molar-refractivity contribution in [3.8, 4) is 0 Å². The van der Waals surface area contributed by atoms with Gasteiger partial charge in [0.15, 0.2) is 0 Å². The lowest BCUT2D eigenvalue weighted by atomic mass is 10.1. The van der Waals surface area contributed by atoms with E-state index in [-0.39, 0.29) is 11.4 Å². The van der Waals surface area contributed by atoms with E-state index in [1.807, 2.05) is 20.8 Å². The summed E-state index contributed by atoms with van der Waals surface area (Å²) in [6.45, 7) is 9.94. The molecule has 2 N–H and O–H groups in total. The normalized spacial score (nSPS) is 11.4. The molecule has 0 aromatic rings. The number of rotatable bonds is 6. The number of carbonyl (C=O) groups excluding carboxylic acids is 1. The minimum Gasteiger partial charge on any atom is -0.351 e. The van der Waals surface area contributed by atoms with E-state index in [1.165, 1.54) is 12.8 Å². The van der Waals surface area contributed by atoms with Crippen LogP contribution in [0.5, 0.6) is 0 Å². The molecule has 0 unspecified atom stereocenters. The Balaban J connectivity index is 3.36. The summed E-state index contributed by atoms with van der Waals surface area (Å²) < 4.78 is 0. The molecule has 0 saturated heterocycles. The number of amides is 1. The van der Waals surface area contributed by atoms with Gasteiger partial charge in [0.05, 0.1) is 0 Å². The zero-order valence-electron chi connectivity index (χ0n) is 9.94. The molecule has 0 fully saturated rings. The molecular weight excluding hydrogens is 176 g/mol. The molecule has 3 heteroatoms. The van der Waals surface area contributed by atoms with Crippen LogP contribution in [0, 0.1) is 0 Å². The third kappa shape index (κ3) is 9.52. The average molecular weight is 200 g/mol. The van der Waals surface area contributed by atoms with Gasteiger partial charge in [-0.05, 0) is 33.7 Å². The van der Waals surface area contributed by atoms with Gasteiger partial charge < -0.3 is 10.6 Å². The molecule has 0 heterocycles. The highest BCUT2D eigenvalue weighted by Crippen LogP contribution is 1.98. The molecule has 14 heavy (non-hydrogen) atoms. The van der Waals surface area contributed by atoms with Crippen LogP contribution in [-0.4, -0.2) is 24.5 Å². The van der Waals surface area contributed by atoms with Crippen LogP contribution >= 0.6 is 0 Å². The van der Waals surface area contributed by atoms with Gasteiger partial charge in [0.25, 0.3) is 0 Å². The molecule has 0 aliphatic rings. The highest BCUT2D eigenvalue weighted by Gasteiger charge is 2.12. The molecule has 0 atom stereocenters. The van der Waals surface area contributed by atoms with Crippen LogP contribution in [0.1, 0.15) is 47.0 Å². The van der Waals surface area contributed by atoms with E-state index in [1.54, 1.807) is 0 Å². The second kappa shape index (κ2) is 6.82. The summed E-state index contributed by atoms with van der Waals surface area (Å²) in [5.41, 5.74) is -0.111. The lowest BCUT2D eigenvalue weighted by Crippen LogP contribution is -2.41. The maximum absolute atomic E-state index is 11.3. The van der Waals surface area contributed by atoms with E-state index < -0.39 is 0 Å². The van der Waals surface area contributed by atoms with Crippen LogP contribution in [0.3, 0.4) is 0 Å². The molecule has 0 radical (unpaired) electrons. The fraction of sp³-hybridized carbons (Fsp3) is 0.909. The first-order valence-electron chi connectivity index (χ1n) is 5.47. The van der Waals surface area contributed by atoms with Gasteiger partial charge in [-0.3, -0.25) is 4.79 Å². The topological polar surface area (TPSA) is 41.1 Å². The summed E-state index contributed by atoms with van der Waals surface area (Å²) in [6.07, 6.45) is 2.95. The number of hydrogen-bond acceptors (Lipinski definition) is 2. The van der Waals surface area contributed by atoms with Crippen molar-refractivity contribution < 1.29 is 4.79 Å². The standard InChI is InChI=1S/C11H24N2O/c1-5-6-8-12-9-7-10(14)13-11(2,3)4/h12H,5-9H2,1-4H3,(H,13,14). The minimum absolute atomic E-state index is 0.111. The molecular formula is C11H24N2O. The summed E-state index contributed by atoms with van der Waals surface area (Å²) in [4.78, 5) is 11.3. The molecule has 0 aromatic heterocycles. The van der Waals surface area contributed by atoms with Crippen molar-refractivity contribution in [2.75, 3.05) is 13.1 Å². The quantitative estimate of drug-likeness (QED) is 0.641. The smallest absolute Gasteiger partial charge is 0.221 e. The highest BCUT2D eigenvalue weighted by molar-refractivity contribution is 5.76. The summed E-state index contributed by atoms with van der Waals surface area (Å²) >= 11 is 0. The van der Waals surface area contributed by atoms with Gasteiger partial charge >= 0.3 is 0 Å². The molecule has 0 aromatic carbocycles. The molecule has 0 saturated carbocycles. The molecule has 84 valence electrons. The fourth-order valence-corrected chi connectivity index (χ4v) is 1.11. The number of unbranched alkanes of at least 4 members (excludes halogenated alkanes) is 1. The molecule has 1 amide bonds. The summed E-state index contributed by atoms with van der Waals surface area (Å²) in [7, 11) is 0. The molecule has 3 nitrogen and oxygen atoms in total. The Morgan fingerprint density at radius 1 is 1.21 bits per heavy atom.